The molecule has 0 fully saturated rings. The SMILES string of the molecule is CCCc1ccc(C2=C3CCNC(=O)c4cc(C)cc(c43)C2)cc1. The molecule has 0 radical (unpaired) electrons. The first-order valence-electron chi connectivity index (χ1n) is 8.91. The van der Waals surface area contributed by atoms with Gasteiger partial charge in [0.15, 0.2) is 0 Å². The minimum absolute atomic E-state index is 0.0736. The number of rotatable bonds is 3. The average molecular weight is 317 g/mol. The molecular formula is C22H23NO. The topological polar surface area (TPSA) is 29.1 Å². The van der Waals surface area contributed by atoms with E-state index in [9.17, 15) is 4.79 Å². The molecule has 1 heterocycles. The molecular weight excluding hydrogens is 294 g/mol. The Morgan fingerprint density at radius 3 is 2.62 bits per heavy atom. The number of amides is 1. The second-order valence-corrected chi connectivity index (χ2v) is 6.93. The summed E-state index contributed by atoms with van der Waals surface area (Å²) in [5.74, 6) is 0.0736. The maximum absolute atomic E-state index is 12.4. The van der Waals surface area contributed by atoms with Gasteiger partial charge in [-0.2, -0.15) is 0 Å². The number of benzene rings is 2. The molecule has 2 aromatic rings. The van der Waals surface area contributed by atoms with Crippen LogP contribution in [0.15, 0.2) is 36.4 Å². The van der Waals surface area contributed by atoms with Crippen LogP contribution in [0.3, 0.4) is 0 Å². The van der Waals surface area contributed by atoms with Crippen molar-refractivity contribution in [3.63, 3.8) is 0 Å². The number of aryl methyl sites for hydroxylation is 2. The minimum Gasteiger partial charge on any atom is -0.352 e. The summed E-state index contributed by atoms with van der Waals surface area (Å²) in [5, 5.41) is 3.04. The maximum atomic E-state index is 12.4. The summed E-state index contributed by atoms with van der Waals surface area (Å²) in [6.45, 7) is 5.01. The molecule has 0 saturated heterocycles. The highest BCUT2D eigenvalue weighted by molar-refractivity contribution is 6.07. The predicted octanol–water partition coefficient (Wildman–Crippen LogP) is 4.55. The third-order valence-electron chi connectivity index (χ3n) is 5.14. The van der Waals surface area contributed by atoms with Gasteiger partial charge in [-0.05, 0) is 65.7 Å². The zero-order valence-corrected chi connectivity index (χ0v) is 14.4. The Balaban J connectivity index is 1.82. The van der Waals surface area contributed by atoms with Gasteiger partial charge in [-0.3, -0.25) is 4.79 Å². The lowest BCUT2D eigenvalue weighted by Gasteiger charge is -2.09. The molecule has 24 heavy (non-hydrogen) atoms. The molecule has 0 unspecified atom stereocenters. The number of carbonyl (C=O) groups is 1. The van der Waals surface area contributed by atoms with Crippen LogP contribution in [-0.4, -0.2) is 12.5 Å². The van der Waals surface area contributed by atoms with Crippen molar-refractivity contribution in [1.82, 2.24) is 5.32 Å². The van der Waals surface area contributed by atoms with E-state index in [1.54, 1.807) is 0 Å². The molecule has 2 aliphatic rings. The van der Waals surface area contributed by atoms with E-state index in [0.717, 1.165) is 31.4 Å². The molecule has 2 heteroatoms. The highest BCUT2D eigenvalue weighted by atomic mass is 16.1. The van der Waals surface area contributed by atoms with Gasteiger partial charge in [-0.15, -0.1) is 0 Å². The van der Waals surface area contributed by atoms with E-state index in [0.29, 0.717) is 0 Å². The molecule has 0 aromatic heterocycles. The molecule has 0 saturated carbocycles. The van der Waals surface area contributed by atoms with Crippen LogP contribution in [0.2, 0.25) is 0 Å². The maximum Gasteiger partial charge on any atom is 0.251 e. The highest BCUT2D eigenvalue weighted by Crippen LogP contribution is 2.43. The summed E-state index contributed by atoms with van der Waals surface area (Å²) in [5.41, 5.74) is 10.00. The van der Waals surface area contributed by atoms with Crippen molar-refractivity contribution in [2.45, 2.75) is 39.5 Å². The Kier molecular flexibility index (Phi) is 3.76. The van der Waals surface area contributed by atoms with Gasteiger partial charge >= 0.3 is 0 Å². The number of nitrogens with one attached hydrogen (secondary N) is 1. The fourth-order valence-corrected chi connectivity index (χ4v) is 4.09. The molecule has 122 valence electrons. The summed E-state index contributed by atoms with van der Waals surface area (Å²) in [6, 6.07) is 13.3. The molecule has 0 atom stereocenters. The van der Waals surface area contributed by atoms with Crippen molar-refractivity contribution in [1.29, 1.82) is 0 Å². The average Bonchev–Trinajstić information content (AvgIpc) is 2.84. The molecule has 1 aliphatic carbocycles. The Hall–Kier alpha value is -2.35. The standard InChI is InChI=1S/C22H23NO/c1-3-4-15-5-7-16(8-6-15)19-13-17-11-14(2)12-20-21(17)18(19)9-10-23-22(20)24/h5-8,11-12H,3-4,9-10,13H2,1-2H3,(H,23,24). The van der Waals surface area contributed by atoms with Crippen LogP contribution >= 0.6 is 0 Å². The quantitative estimate of drug-likeness (QED) is 0.884. The van der Waals surface area contributed by atoms with E-state index >= 15 is 0 Å². The van der Waals surface area contributed by atoms with Crippen LogP contribution in [0.1, 0.15) is 57.9 Å². The van der Waals surface area contributed by atoms with Crippen molar-refractivity contribution in [3.05, 3.63) is 69.8 Å². The fourth-order valence-electron chi connectivity index (χ4n) is 4.09. The van der Waals surface area contributed by atoms with Gasteiger partial charge in [-0.25, -0.2) is 0 Å². The minimum atomic E-state index is 0.0736. The van der Waals surface area contributed by atoms with Crippen LogP contribution in [0.25, 0.3) is 11.1 Å². The Morgan fingerprint density at radius 1 is 1.08 bits per heavy atom. The van der Waals surface area contributed by atoms with Crippen molar-refractivity contribution in [3.8, 4) is 0 Å². The Bertz CT molecular complexity index is 843. The number of hydrogen-bond acceptors (Lipinski definition) is 1. The Labute approximate surface area is 143 Å². The second-order valence-electron chi connectivity index (χ2n) is 6.93. The second kappa shape index (κ2) is 5.94. The normalized spacial score (nSPS) is 16.0. The van der Waals surface area contributed by atoms with E-state index in [1.807, 2.05) is 6.07 Å². The smallest absolute Gasteiger partial charge is 0.251 e. The van der Waals surface area contributed by atoms with Gasteiger partial charge in [0.2, 0.25) is 0 Å². The third-order valence-corrected chi connectivity index (χ3v) is 5.14. The molecule has 0 spiro atoms. The van der Waals surface area contributed by atoms with E-state index in [1.165, 1.54) is 45.4 Å². The van der Waals surface area contributed by atoms with Crippen LogP contribution in [-0.2, 0) is 12.8 Å². The summed E-state index contributed by atoms with van der Waals surface area (Å²) in [6.07, 6.45) is 4.17. The lowest BCUT2D eigenvalue weighted by atomic mass is 9.94. The predicted molar refractivity (Wildman–Crippen MR) is 99.1 cm³/mol. The summed E-state index contributed by atoms with van der Waals surface area (Å²) in [7, 11) is 0. The first-order chi connectivity index (χ1) is 11.7. The van der Waals surface area contributed by atoms with Gasteiger partial charge in [0, 0.05) is 12.1 Å². The first-order valence-corrected chi connectivity index (χ1v) is 8.91. The lowest BCUT2D eigenvalue weighted by molar-refractivity contribution is 0.0956. The van der Waals surface area contributed by atoms with Crippen LogP contribution < -0.4 is 5.32 Å². The van der Waals surface area contributed by atoms with E-state index in [2.05, 4.69) is 49.5 Å². The van der Waals surface area contributed by atoms with Crippen molar-refractivity contribution in [2.24, 2.45) is 0 Å². The monoisotopic (exact) mass is 317 g/mol. The molecule has 2 nitrogen and oxygen atoms in total. The van der Waals surface area contributed by atoms with Crippen molar-refractivity contribution < 1.29 is 4.79 Å². The molecule has 2 aromatic carbocycles. The van der Waals surface area contributed by atoms with Gasteiger partial charge in [0.25, 0.3) is 5.91 Å². The molecule has 1 amide bonds. The zero-order valence-electron chi connectivity index (χ0n) is 14.4. The summed E-state index contributed by atoms with van der Waals surface area (Å²) >= 11 is 0. The van der Waals surface area contributed by atoms with E-state index < -0.39 is 0 Å². The van der Waals surface area contributed by atoms with E-state index in [4.69, 9.17) is 0 Å². The molecule has 0 bridgehead atoms. The zero-order chi connectivity index (χ0) is 16.7. The number of carbonyl (C=O) groups excluding carboxylic acids is 1. The van der Waals surface area contributed by atoms with Crippen LogP contribution in [0, 0.1) is 6.92 Å². The van der Waals surface area contributed by atoms with E-state index in [-0.39, 0.29) is 5.91 Å². The Morgan fingerprint density at radius 2 is 1.88 bits per heavy atom. The van der Waals surface area contributed by atoms with Crippen LogP contribution in [0.4, 0.5) is 0 Å². The molecule has 4 rings (SSSR count). The fraction of sp³-hybridized carbons (Fsp3) is 0.318. The highest BCUT2D eigenvalue weighted by Gasteiger charge is 2.29. The summed E-state index contributed by atoms with van der Waals surface area (Å²) < 4.78 is 0. The lowest BCUT2D eigenvalue weighted by Crippen LogP contribution is -2.23. The first kappa shape index (κ1) is 15.2. The number of hydrogen-bond donors (Lipinski definition) is 1. The van der Waals surface area contributed by atoms with Gasteiger partial charge < -0.3 is 5.32 Å². The van der Waals surface area contributed by atoms with Gasteiger partial charge in [0.05, 0.1) is 0 Å². The van der Waals surface area contributed by atoms with Crippen LogP contribution in [0.5, 0.6) is 0 Å². The van der Waals surface area contributed by atoms with Crippen molar-refractivity contribution >= 4 is 17.1 Å². The molecule has 1 N–H and O–H groups in total. The molecule has 1 aliphatic heterocycles. The largest absolute Gasteiger partial charge is 0.352 e. The van der Waals surface area contributed by atoms with Gasteiger partial charge in [0.1, 0.15) is 0 Å². The third kappa shape index (κ3) is 2.47. The van der Waals surface area contributed by atoms with Gasteiger partial charge in [-0.1, -0.05) is 49.2 Å². The summed E-state index contributed by atoms with van der Waals surface area (Å²) in [4.78, 5) is 12.4. The van der Waals surface area contributed by atoms with Crippen molar-refractivity contribution in [2.75, 3.05) is 6.54 Å². The number of allylic oxidation sites excluding steroid dienone is 1.